The van der Waals surface area contributed by atoms with Crippen molar-refractivity contribution < 1.29 is 14.6 Å². The summed E-state index contributed by atoms with van der Waals surface area (Å²) in [6, 6.07) is 0. The molecule has 0 heterocycles. The van der Waals surface area contributed by atoms with Gasteiger partial charge in [0.15, 0.2) is 0 Å². The zero-order chi connectivity index (χ0) is 12.9. The van der Waals surface area contributed by atoms with E-state index >= 15 is 0 Å². The van der Waals surface area contributed by atoms with E-state index in [1.807, 2.05) is 0 Å². The molecule has 0 radical (unpaired) electrons. The van der Waals surface area contributed by atoms with Crippen molar-refractivity contribution in [1.82, 2.24) is 0 Å². The maximum atomic E-state index is 11.0. The van der Waals surface area contributed by atoms with Gasteiger partial charge in [-0.25, -0.2) is 0 Å². The standard InChI is InChI=1S/C13H25NO3/c1-12(2,11(15)16)10-17-13(9-14)7-5-3-4-6-8-13/h3-10,14H2,1-2H3,(H,15,16). The molecule has 4 heteroatoms. The van der Waals surface area contributed by atoms with Gasteiger partial charge >= 0.3 is 5.97 Å². The zero-order valence-electron chi connectivity index (χ0n) is 11.0. The highest BCUT2D eigenvalue weighted by Gasteiger charge is 2.35. The Morgan fingerprint density at radius 2 is 1.82 bits per heavy atom. The van der Waals surface area contributed by atoms with Crippen LogP contribution in [0.4, 0.5) is 0 Å². The number of ether oxygens (including phenoxy) is 1. The smallest absolute Gasteiger partial charge is 0.311 e. The maximum Gasteiger partial charge on any atom is 0.311 e. The van der Waals surface area contributed by atoms with Crippen molar-refractivity contribution in [3.8, 4) is 0 Å². The molecule has 0 aromatic carbocycles. The third-order valence-corrected chi connectivity index (χ3v) is 3.70. The number of rotatable bonds is 5. The molecule has 0 spiro atoms. The molecule has 0 unspecified atom stereocenters. The minimum Gasteiger partial charge on any atom is -0.481 e. The van der Waals surface area contributed by atoms with Gasteiger partial charge in [-0.2, -0.15) is 0 Å². The molecule has 0 aromatic rings. The van der Waals surface area contributed by atoms with Crippen LogP contribution in [0.1, 0.15) is 52.4 Å². The number of carboxylic acid groups (broad SMARTS) is 1. The second-order valence-electron chi connectivity index (χ2n) is 5.78. The van der Waals surface area contributed by atoms with Crippen molar-refractivity contribution in [1.29, 1.82) is 0 Å². The summed E-state index contributed by atoms with van der Waals surface area (Å²) in [6.07, 6.45) is 6.63. The SMILES string of the molecule is CC(C)(COC1(CN)CCCCCC1)C(=O)O. The summed E-state index contributed by atoms with van der Waals surface area (Å²) >= 11 is 0. The summed E-state index contributed by atoms with van der Waals surface area (Å²) in [5.74, 6) is -0.821. The highest BCUT2D eigenvalue weighted by molar-refractivity contribution is 5.73. The van der Waals surface area contributed by atoms with Gasteiger partial charge in [0, 0.05) is 6.54 Å². The zero-order valence-corrected chi connectivity index (χ0v) is 11.0. The van der Waals surface area contributed by atoms with Gasteiger partial charge in [-0.15, -0.1) is 0 Å². The largest absolute Gasteiger partial charge is 0.481 e. The van der Waals surface area contributed by atoms with Gasteiger partial charge in [0.25, 0.3) is 0 Å². The third kappa shape index (κ3) is 3.96. The fourth-order valence-electron chi connectivity index (χ4n) is 2.18. The molecular formula is C13H25NO3. The first-order chi connectivity index (χ1) is 7.92. The predicted molar refractivity (Wildman–Crippen MR) is 66.9 cm³/mol. The maximum absolute atomic E-state index is 11.0. The molecule has 4 nitrogen and oxygen atoms in total. The molecule has 0 atom stereocenters. The first-order valence-electron chi connectivity index (χ1n) is 6.49. The van der Waals surface area contributed by atoms with E-state index in [0.717, 1.165) is 25.7 Å². The normalized spacial score (nSPS) is 20.9. The Bertz CT molecular complexity index is 255. The summed E-state index contributed by atoms with van der Waals surface area (Å²) in [6.45, 7) is 4.11. The summed E-state index contributed by atoms with van der Waals surface area (Å²) < 4.78 is 5.92. The molecule has 0 saturated heterocycles. The average Bonchev–Trinajstić information content (AvgIpc) is 2.52. The number of aliphatic carboxylic acids is 1. The first kappa shape index (κ1) is 14.5. The molecule has 1 aliphatic rings. The molecule has 0 amide bonds. The highest BCUT2D eigenvalue weighted by Crippen LogP contribution is 2.31. The molecule has 0 aliphatic heterocycles. The summed E-state index contributed by atoms with van der Waals surface area (Å²) in [5, 5.41) is 9.07. The van der Waals surface area contributed by atoms with Crippen LogP contribution in [-0.4, -0.2) is 29.8 Å². The van der Waals surface area contributed by atoms with Crippen LogP contribution < -0.4 is 5.73 Å². The predicted octanol–water partition coefficient (Wildman–Crippen LogP) is 2.17. The minimum atomic E-state index is -0.839. The Morgan fingerprint density at radius 1 is 1.29 bits per heavy atom. The van der Waals surface area contributed by atoms with E-state index in [4.69, 9.17) is 15.6 Å². The van der Waals surface area contributed by atoms with Crippen LogP contribution in [0.2, 0.25) is 0 Å². The lowest BCUT2D eigenvalue weighted by Gasteiger charge is -2.34. The van der Waals surface area contributed by atoms with E-state index < -0.39 is 11.4 Å². The summed E-state index contributed by atoms with van der Waals surface area (Å²) in [4.78, 5) is 11.0. The van der Waals surface area contributed by atoms with E-state index in [1.165, 1.54) is 12.8 Å². The van der Waals surface area contributed by atoms with Gasteiger partial charge in [-0.05, 0) is 26.7 Å². The Morgan fingerprint density at radius 3 is 2.24 bits per heavy atom. The molecule has 0 aromatic heterocycles. The molecule has 1 rings (SSSR count). The van der Waals surface area contributed by atoms with Gasteiger partial charge in [-0.1, -0.05) is 25.7 Å². The fourth-order valence-corrected chi connectivity index (χ4v) is 2.18. The van der Waals surface area contributed by atoms with Gasteiger partial charge in [-0.3, -0.25) is 4.79 Å². The van der Waals surface area contributed by atoms with Gasteiger partial charge in [0.05, 0.1) is 17.6 Å². The van der Waals surface area contributed by atoms with E-state index in [1.54, 1.807) is 13.8 Å². The Hall–Kier alpha value is -0.610. The first-order valence-corrected chi connectivity index (χ1v) is 6.49. The number of hydrogen-bond donors (Lipinski definition) is 2. The van der Waals surface area contributed by atoms with Crippen LogP contribution in [-0.2, 0) is 9.53 Å². The molecule has 1 saturated carbocycles. The summed E-state index contributed by atoms with van der Waals surface area (Å²) in [5.41, 5.74) is 4.71. The van der Waals surface area contributed by atoms with Crippen LogP contribution in [0.25, 0.3) is 0 Å². The van der Waals surface area contributed by atoms with Crippen LogP contribution in [0.3, 0.4) is 0 Å². The van der Waals surface area contributed by atoms with Gasteiger partial charge < -0.3 is 15.6 Å². The van der Waals surface area contributed by atoms with E-state index in [0.29, 0.717) is 6.54 Å². The Kier molecular flexibility index (Phi) is 4.95. The van der Waals surface area contributed by atoms with E-state index in [9.17, 15) is 4.79 Å². The van der Waals surface area contributed by atoms with Gasteiger partial charge in [0.2, 0.25) is 0 Å². The van der Waals surface area contributed by atoms with Crippen LogP contribution >= 0.6 is 0 Å². The molecule has 1 fully saturated rings. The monoisotopic (exact) mass is 243 g/mol. The number of carbonyl (C=O) groups is 1. The lowest BCUT2D eigenvalue weighted by molar-refractivity contribution is -0.156. The van der Waals surface area contributed by atoms with Crippen molar-refractivity contribution in [2.45, 2.75) is 58.0 Å². The van der Waals surface area contributed by atoms with Crippen molar-refractivity contribution in [2.75, 3.05) is 13.2 Å². The third-order valence-electron chi connectivity index (χ3n) is 3.70. The molecule has 17 heavy (non-hydrogen) atoms. The second kappa shape index (κ2) is 5.83. The molecule has 3 N–H and O–H groups in total. The van der Waals surface area contributed by atoms with Crippen LogP contribution in [0.15, 0.2) is 0 Å². The minimum absolute atomic E-state index is 0.236. The fraction of sp³-hybridized carbons (Fsp3) is 0.923. The van der Waals surface area contributed by atoms with Crippen molar-refractivity contribution in [3.63, 3.8) is 0 Å². The Labute approximate surface area is 104 Å². The van der Waals surface area contributed by atoms with Crippen molar-refractivity contribution >= 4 is 5.97 Å². The average molecular weight is 243 g/mol. The quantitative estimate of drug-likeness (QED) is 0.726. The molecule has 100 valence electrons. The summed E-state index contributed by atoms with van der Waals surface area (Å²) in [7, 11) is 0. The van der Waals surface area contributed by atoms with Gasteiger partial charge in [0.1, 0.15) is 0 Å². The second-order valence-corrected chi connectivity index (χ2v) is 5.78. The number of carboxylic acids is 1. The molecular weight excluding hydrogens is 218 g/mol. The molecule has 0 bridgehead atoms. The highest BCUT2D eigenvalue weighted by atomic mass is 16.5. The number of hydrogen-bond acceptors (Lipinski definition) is 3. The Balaban J connectivity index is 2.59. The van der Waals surface area contributed by atoms with Crippen molar-refractivity contribution in [2.24, 2.45) is 11.1 Å². The number of nitrogens with two attached hydrogens (primary N) is 1. The van der Waals surface area contributed by atoms with E-state index in [2.05, 4.69) is 0 Å². The van der Waals surface area contributed by atoms with E-state index in [-0.39, 0.29) is 12.2 Å². The molecule has 1 aliphatic carbocycles. The van der Waals surface area contributed by atoms with Crippen LogP contribution in [0.5, 0.6) is 0 Å². The lowest BCUT2D eigenvalue weighted by atomic mass is 9.91. The topological polar surface area (TPSA) is 72.5 Å². The van der Waals surface area contributed by atoms with Crippen LogP contribution in [0, 0.1) is 5.41 Å². The lowest BCUT2D eigenvalue weighted by Crippen LogP contribution is -2.44. The van der Waals surface area contributed by atoms with Crippen molar-refractivity contribution in [3.05, 3.63) is 0 Å².